The molecule has 3 aromatic carbocycles. The third-order valence-corrected chi connectivity index (χ3v) is 5.32. The van der Waals surface area contributed by atoms with Crippen LogP contribution in [0, 0.1) is 5.82 Å². The van der Waals surface area contributed by atoms with Crippen molar-refractivity contribution in [1.29, 1.82) is 0 Å². The molecule has 0 bridgehead atoms. The molecule has 0 amide bonds. The zero-order valence-corrected chi connectivity index (χ0v) is 16.5. The summed E-state index contributed by atoms with van der Waals surface area (Å²) in [5.41, 5.74) is 1.59. The van der Waals surface area contributed by atoms with Gasteiger partial charge < -0.3 is 14.0 Å². The fraction of sp³-hybridized carbons (Fsp3) is 0.0417. The van der Waals surface area contributed by atoms with E-state index in [2.05, 4.69) is 10.1 Å². The van der Waals surface area contributed by atoms with Crippen LogP contribution >= 0.6 is 0 Å². The lowest BCUT2D eigenvalue weighted by molar-refractivity contribution is 0.174. The van der Waals surface area contributed by atoms with Crippen molar-refractivity contribution < 1.29 is 18.4 Å². The van der Waals surface area contributed by atoms with Gasteiger partial charge in [-0.2, -0.15) is 4.98 Å². The fourth-order valence-corrected chi connectivity index (χ4v) is 3.74. The minimum atomic E-state index is -0.381. The van der Waals surface area contributed by atoms with Crippen LogP contribution in [0.1, 0.15) is 0 Å². The standard InChI is InChI=1S/C24H14FN3O4/c25-15-6-8-16(9-7-15)28-12-19(17-3-1-2-4-18(17)24(28)29)23-26-22(27-32-23)14-5-10-20-21(11-14)31-13-30-20/h1-12H,13H2. The first-order valence-electron chi connectivity index (χ1n) is 9.82. The van der Waals surface area contributed by atoms with Crippen molar-refractivity contribution in [2.45, 2.75) is 0 Å². The van der Waals surface area contributed by atoms with E-state index in [1.807, 2.05) is 18.2 Å². The zero-order chi connectivity index (χ0) is 21.7. The second kappa shape index (κ2) is 7.05. The van der Waals surface area contributed by atoms with Crippen LogP contribution in [0.25, 0.3) is 39.3 Å². The normalized spacial score (nSPS) is 12.4. The van der Waals surface area contributed by atoms with Crippen LogP contribution in [0.3, 0.4) is 0 Å². The zero-order valence-electron chi connectivity index (χ0n) is 16.5. The Hall–Kier alpha value is -4.46. The van der Waals surface area contributed by atoms with Crippen molar-refractivity contribution in [3.05, 3.63) is 89.1 Å². The maximum atomic E-state index is 13.4. The van der Waals surface area contributed by atoms with E-state index in [4.69, 9.17) is 14.0 Å². The number of benzene rings is 3. The molecule has 2 aromatic heterocycles. The molecule has 3 heterocycles. The molecule has 8 heteroatoms. The van der Waals surface area contributed by atoms with E-state index in [1.54, 1.807) is 42.6 Å². The van der Waals surface area contributed by atoms with E-state index in [1.165, 1.54) is 16.7 Å². The van der Waals surface area contributed by atoms with E-state index >= 15 is 0 Å². The summed E-state index contributed by atoms with van der Waals surface area (Å²) in [5.74, 6) is 1.53. The molecule has 5 aromatic rings. The van der Waals surface area contributed by atoms with Crippen LogP contribution in [-0.4, -0.2) is 21.5 Å². The maximum absolute atomic E-state index is 13.4. The molecule has 0 radical (unpaired) electrons. The van der Waals surface area contributed by atoms with Crippen LogP contribution < -0.4 is 15.0 Å². The number of hydrogen-bond acceptors (Lipinski definition) is 6. The largest absolute Gasteiger partial charge is 0.454 e. The maximum Gasteiger partial charge on any atom is 0.262 e. The summed E-state index contributed by atoms with van der Waals surface area (Å²) in [7, 11) is 0. The van der Waals surface area contributed by atoms with Gasteiger partial charge in [0, 0.05) is 28.2 Å². The van der Waals surface area contributed by atoms with Gasteiger partial charge in [-0.1, -0.05) is 23.4 Å². The fourth-order valence-electron chi connectivity index (χ4n) is 3.74. The number of pyridine rings is 1. The van der Waals surface area contributed by atoms with Crippen molar-refractivity contribution in [2.24, 2.45) is 0 Å². The summed E-state index contributed by atoms with van der Waals surface area (Å²) in [4.78, 5) is 17.7. The average Bonchev–Trinajstić information content (AvgIpc) is 3.50. The number of hydrogen-bond donors (Lipinski definition) is 0. The van der Waals surface area contributed by atoms with Crippen LogP contribution in [-0.2, 0) is 0 Å². The molecular weight excluding hydrogens is 413 g/mol. The number of aromatic nitrogens is 3. The van der Waals surface area contributed by atoms with E-state index in [9.17, 15) is 9.18 Å². The molecule has 0 aliphatic carbocycles. The Morgan fingerprint density at radius 2 is 1.69 bits per heavy atom. The summed E-state index contributed by atoms with van der Waals surface area (Å²) in [6, 6.07) is 18.3. The minimum Gasteiger partial charge on any atom is -0.454 e. The predicted octanol–water partition coefficient (Wildman–Crippen LogP) is 4.58. The smallest absolute Gasteiger partial charge is 0.262 e. The lowest BCUT2D eigenvalue weighted by Gasteiger charge is -2.10. The Morgan fingerprint density at radius 1 is 0.906 bits per heavy atom. The highest BCUT2D eigenvalue weighted by molar-refractivity contribution is 5.94. The quantitative estimate of drug-likeness (QED) is 0.420. The third kappa shape index (κ3) is 2.92. The summed E-state index contributed by atoms with van der Waals surface area (Å²) in [6.07, 6.45) is 1.63. The number of fused-ring (bicyclic) bond motifs is 2. The Balaban J connectivity index is 1.51. The first-order valence-corrected chi connectivity index (χ1v) is 9.82. The van der Waals surface area contributed by atoms with E-state index in [0.717, 1.165) is 0 Å². The van der Waals surface area contributed by atoms with Crippen molar-refractivity contribution in [3.63, 3.8) is 0 Å². The molecule has 7 nitrogen and oxygen atoms in total. The van der Waals surface area contributed by atoms with Crippen molar-refractivity contribution in [2.75, 3.05) is 6.79 Å². The van der Waals surface area contributed by atoms with Gasteiger partial charge in [0.05, 0.1) is 5.56 Å². The Kier molecular flexibility index (Phi) is 4.04. The molecule has 0 unspecified atom stereocenters. The lowest BCUT2D eigenvalue weighted by atomic mass is 10.1. The predicted molar refractivity (Wildman–Crippen MR) is 114 cm³/mol. The molecule has 1 aliphatic rings. The molecule has 6 rings (SSSR count). The Bertz CT molecular complexity index is 1540. The third-order valence-electron chi connectivity index (χ3n) is 5.32. The Labute approximate surface area is 180 Å². The number of nitrogens with zero attached hydrogens (tertiary/aromatic N) is 3. The number of rotatable bonds is 3. The van der Waals surface area contributed by atoms with Crippen LogP contribution in [0.15, 0.2) is 82.2 Å². The van der Waals surface area contributed by atoms with Crippen molar-refractivity contribution in [1.82, 2.24) is 14.7 Å². The molecule has 156 valence electrons. The lowest BCUT2D eigenvalue weighted by Crippen LogP contribution is -2.18. The van der Waals surface area contributed by atoms with Gasteiger partial charge in [0.25, 0.3) is 11.4 Å². The molecule has 0 fully saturated rings. The molecule has 32 heavy (non-hydrogen) atoms. The van der Waals surface area contributed by atoms with Crippen molar-refractivity contribution in [3.8, 4) is 40.0 Å². The van der Waals surface area contributed by atoms with Crippen molar-refractivity contribution >= 4 is 10.8 Å². The SMILES string of the molecule is O=c1c2ccccc2c(-c2nc(-c3ccc4c(c3)OCO4)no2)cn1-c1ccc(F)cc1. The van der Waals surface area contributed by atoms with E-state index in [-0.39, 0.29) is 24.1 Å². The number of halogens is 1. The summed E-state index contributed by atoms with van der Waals surface area (Å²) in [5, 5.41) is 5.27. The molecular formula is C24H14FN3O4. The highest BCUT2D eigenvalue weighted by atomic mass is 19.1. The monoisotopic (exact) mass is 427 g/mol. The van der Waals surface area contributed by atoms with Gasteiger partial charge in [-0.3, -0.25) is 9.36 Å². The topological polar surface area (TPSA) is 79.4 Å². The van der Waals surface area contributed by atoms with Crippen LogP contribution in [0.5, 0.6) is 11.5 Å². The van der Waals surface area contributed by atoms with Gasteiger partial charge in [-0.15, -0.1) is 0 Å². The van der Waals surface area contributed by atoms with Crippen LogP contribution in [0.2, 0.25) is 0 Å². The second-order valence-corrected chi connectivity index (χ2v) is 7.23. The molecule has 1 aliphatic heterocycles. The average molecular weight is 427 g/mol. The van der Waals surface area contributed by atoms with Gasteiger partial charge in [-0.05, 0) is 48.5 Å². The Morgan fingerprint density at radius 3 is 2.53 bits per heavy atom. The second-order valence-electron chi connectivity index (χ2n) is 7.23. The summed E-state index contributed by atoms with van der Waals surface area (Å²) >= 11 is 0. The first kappa shape index (κ1) is 18.3. The molecule has 0 spiro atoms. The first-order chi connectivity index (χ1) is 15.7. The summed E-state index contributed by atoms with van der Waals surface area (Å²) in [6.45, 7) is 0.174. The molecule has 0 N–H and O–H groups in total. The van der Waals surface area contributed by atoms with E-state index in [0.29, 0.717) is 44.9 Å². The van der Waals surface area contributed by atoms with Gasteiger partial charge in [0.1, 0.15) is 5.82 Å². The minimum absolute atomic E-state index is 0.174. The number of ether oxygens (including phenoxy) is 2. The van der Waals surface area contributed by atoms with Gasteiger partial charge in [0.2, 0.25) is 12.6 Å². The van der Waals surface area contributed by atoms with E-state index < -0.39 is 0 Å². The molecule has 0 saturated carbocycles. The molecule has 0 saturated heterocycles. The van der Waals surface area contributed by atoms with Gasteiger partial charge in [-0.25, -0.2) is 4.39 Å². The molecule has 0 atom stereocenters. The van der Waals surface area contributed by atoms with Crippen LogP contribution in [0.4, 0.5) is 4.39 Å². The highest BCUT2D eigenvalue weighted by Gasteiger charge is 2.19. The summed E-state index contributed by atoms with van der Waals surface area (Å²) < 4.78 is 31.2. The highest BCUT2D eigenvalue weighted by Crippen LogP contribution is 2.36. The van der Waals surface area contributed by atoms with Gasteiger partial charge >= 0.3 is 0 Å². The van der Waals surface area contributed by atoms with Gasteiger partial charge in [0.15, 0.2) is 11.5 Å².